The summed E-state index contributed by atoms with van der Waals surface area (Å²) in [6.07, 6.45) is 2.77. The van der Waals surface area contributed by atoms with Crippen LogP contribution in [0.2, 0.25) is 0 Å². The van der Waals surface area contributed by atoms with Crippen LogP contribution in [0, 0.1) is 0 Å². The fourth-order valence-electron chi connectivity index (χ4n) is 2.85. The van der Waals surface area contributed by atoms with E-state index in [0.717, 1.165) is 25.7 Å². The molecule has 0 spiro atoms. The minimum absolute atomic E-state index is 0.463. The van der Waals surface area contributed by atoms with Crippen molar-refractivity contribution in [3.05, 3.63) is 24.3 Å². The van der Waals surface area contributed by atoms with E-state index in [1.165, 1.54) is 25.9 Å². The molecule has 2 aliphatic rings. The molecule has 2 N–H and O–H groups in total. The molecule has 114 valence electrons. The van der Waals surface area contributed by atoms with E-state index in [1.807, 2.05) is 6.07 Å². The fraction of sp³-hybridized carbons (Fsp3) is 0.600. The third-order valence-corrected chi connectivity index (χ3v) is 4.30. The van der Waals surface area contributed by atoms with Crippen LogP contribution in [0.3, 0.4) is 0 Å². The van der Waals surface area contributed by atoms with E-state index < -0.39 is 7.12 Å². The highest BCUT2D eigenvalue weighted by atomic mass is 16.5. The summed E-state index contributed by atoms with van der Waals surface area (Å²) in [6.45, 7) is 6.15. The largest absolute Gasteiger partial charge is 0.492 e. The first-order valence-electron chi connectivity index (χ1n) is 7.78. The van der Waals surface area contributed by atoms with Gasteiger partial charge in [-0.3, -0.25) is 9.80 Å². The van der Waals surface area contributed by atoms with Gasteiger partial charge in [0.05, 0.1) is 0 Å². The molecule has 1 saturated carbocycles. The third-order valence-electron chi connectivity index (χ3n) is 4.30. The molecule has 1 aliphatic carbocycles. The van der Waals surface area contributed by atoms with Crippen molar-refractivity contribution in [1.29, 1.82) is 0 Å². The lowest BCUT2D eigenvalue weighted by Crippen LogP contribution is -2.48. The van der Waals surface area contributed by atoms with Crippen LogP contribution in [0.4, 0.5) is 0 Å². The highest BCUT2D eigenvalue weighted by molar-refractivity contribution is 6.58. The van der Waals surface area contributed by atoms with Crippen molar-refractivity contribution >= 4 is 12.6 Å². The van der Waals surface area contributed by atoms with Gasteiger partial charge in [0, 0.05) is 38.8 Å². The van der Waals surface area contributed by atoms with Crippen molar-refractivity contribution in [3.63, 3.8) is 0 Å². The van der Waals surface area contributed by atoms with Crippen molar-refractivity contribution in [1.82, 2.24) is 9.80 Å². The Kier molecular flexibility index (Phi) is 4.80. The van der Waals surface area contributed by atoms with E-state index in [1.54, 1.807) is 18.2 Å². The molecule has 0 bridgehead atoms. The SMILES string of the molecule is OB(O)c1cccc(OCCN2CCN(C3CC3)CC2)c1. The highest BCUT2D eigenvalue weighted by Gasteiger charge is 2.30. The molecule has 1 aromatic carbocycles. The molecular formula is C15H23BN2O3. The average Bonchev–Trinajstić information content (AvgIpc) is 3.33. The number of rotatable bonds is 6. The second-order valence-corrected chi connectivity index (χ2v) is 5.90. The van der Waals surface area contributed by atoms with Gasteiger partial charge in [-0.2, -0.15) is 0 Å². The van der Waals surface area contributed by atoms with E-state index in [-0.39, 0.29) is 0 Å². The standard InChI is InChI=1S/C15H23BN2O3/c19-16(20)13-2-1-3-15(12-13)21-11-10-17-6-8-18(9-7-17)14-4-5-14/h1-3,12,14,19-20H,4-11H2. The van der Waals surface area contributed by atoms with Gasteiger partial charge < -0.3 is 14.8 Å². The molecule has 21 heavy (non-hydrogen) atoms. The summed E-state index contributed by atoms with van der Waals surface area (Å²) in [7, 11) is -1.44. The van der Waals surface area contributed by atoms with Gasteiger partial charge in [-0.25, -0.2) is 0 Å². The minimum atomic E-state index is -1.44. The van der Waals surface area contributed by atoms with Crippen LogP contribution < -0.4 is 10.2 Å². The molecule has 0 radical (unpaired) electrons. The molecule has 0 amide bonds. The lowest BCUT2D eigenvalue weighted by atomic mass is 9.80. The molecule has 0 unspecified atom stereocenters. The number of ether oxygens (including phenoxy) is 1. The molecule has 0 atom stereocenters. The van der Waals surface area contributed by atoms with E-state index in [0.29, 0.717) is 17.8 Å². The maximum absolute atomic E-state index is 9.14. The van der Waals surface area contributed by atoms with E-state index in [2.05, 4.69) is 9.80 Å². The van der Waals surface area contributed by atoms with Crippen molar-refractivity contribution in [2.24, 2.45) is 0 Å². The molecule has 1 aromatic rings. The zero-order valence-electron chi connectivity index (χ0n) is 12.3. The summed E-state index contributed by atoms with van der Waals surface area (Å²) in [5.74, 6) is 0.692. The van der Waals surface area contributed by atoms with Crippen LogP contribution >= 0.6 is 0 Å². The Bertz CT molecular complexity index is 460. The summed E-state index contributed by atoms with van der Waals surface area (Å²) in [6, 6.07) is 7.84. The number of benzene rings is 1. The summed E-state index contributed by atoms with van der Waals surface area (Å²) in [4.78, 5) is 5.03. The van der Waals surface area contributed by atoms with Crippen molar-refractivity contribution < 1.29 is 14.8 Å². The van der Waals surface area contributed by atoms with Gasteiger partial charge >= 0.3 is 7.12 Å². The second-order valence-electron chi connectivity index (χ2n) is 5.90. The molecule has 0 aromatic heterocycles. The van der Waals surface area contributed by atoms with Gasteiger partial charge in [0.15, 0.2) is 0 Å². The molecule has 6 heteroatoms. The lowest BCUT2D eigenvalue weighted by molar-refractivity contribution is 0.112. The van der Waals surface area contributed by atoms with Gasteiger partial charge in [0.2, 0.25) is 0 Å². The Hall–Kier alpha value is -1.08. The summed E-state index contributed by atoms with van der Waals surface area (Å²) in [5, 5.41) is 18.3. The Labute approximate surface area is 126 Å². The molecule has 2 fully saturated rings. The van der Waals surface area contributed by atoms with Crippen molar-refractivity contribution in [2.45, 2.75) is 18.9 Å². The van der Waals surface area contributed by atoms with E-state index in [9.17, 15) is 0 Å². The summed E-state index contributed by atoms with van der Waals surface area (Å²) < 4.78 is 5.71. The topological polar surface area (TPSA) is 56.2 Å². The minimum Gasteiger partial charge on any atom is -0.492 e. The Morgan fingerprint density at radius 3 is 2.57 bits per heavy atom. The third kappa shape index (κ3) is 4.20. The van der Waals surface area contributed by atoms with Crippen LogP contribution in [0.25, 0.3) is 0 Å². The van der Waals surface area contributed by atoms with E-state index in [4.69, 9.17) is 14.8 Å². The Balaban J connectivity index is 1.39. The van der Waals surface area contributed by atoms with Crippen molar-refractivity contribution in [3.8, 4) is 5.75 Å². The maximum Gasteiger partial charge on any atom is 0.488 e. The van der Waals surface area contributed by atoms with Crippen LogP contribution in [-0.4, -0.2) is 72.3 Å². The first kappa shape index (κ1) is 14.8. The zero-order valence-corrected chi connectivity index (χ0v) is 12.3. The Morgan fingerprint density at radius 2 is 1.90 bits per heavy atom. The summed E-state index contributed by atoms with van der Waals surface area (Å²) in [5.41, 5.74) is 0.463. The highest BCUT2D eigenvalue weighted by Crippen LogP contribution is 2.27. The van der Waals surface area contributed by atoms with Crippen LogP contribution in [-0.2, 0) is 0 Å². The smallest absolute Gasteiger partial charge is 0.488 e. The quantitative estimate of drug-likeness (QED) is 0.694. The van der Waals surface area contributed by atoms with E-state index >= 15 is 0 Å². The molecule has 1 saturated heterocycles. The average molecular weight is 290 g/mol. The van der Waals surface area contributed by atoms with Gasteiger partial charge in [-0.15, -0.1) is 0 Å². The van der Waals surface area contributed by atoms with Gasteiger partial charge in [0.1, 0.15) is 12.4 Å². The van der Waals surface area contributed by atoms with Gasteiger partial charge in [0.25, 0.3) is 0 Å². The van der Waals surface area contributed by atoms with Crippen molar-refractivity contribution in [2.75, 3.05) is 39.3 Å². The number of piperazine rings is 1. The Morgan fingerprint density at radius 1 is 1.14 bits per heavy atom. The fourth-order valence-corrected chi connectivity index (χ4v) is 2.85. The molecule has 1 heterocycles. The second kappa shape index (κ2) is 6.79. The first-order chi connectivity index (χ1) is 10.2. The maximum atomic E-state index is 9.14. The monoisotopic (exact) mass is 290 g/mol. The molecule has 1 aliphatic heterocycles. The molecule has 5 nitrogen and oxygen atoms in total. The van der Waals surface area contributed by atoms with Crippen LogP contribution in [0.15, 0.2) is 24.3 Å². The summed E-state index contributed by atoms with van der Waals surface area (Å²) >= 11 is 0. The predicted octanol–water partition coefficient (Wildman–Crippen LogP) is -0.475. The van der Waals surface area contributed by atoms with Crippen LogP contribution in [0.5, 0.6) is 5.75 Å². The lowest BCUT2D eigenvalue weighted by Gasteiger charge is -2.34. The molecule has 3 rings (SSSR count). The van der Waals surface area contributed by atoms with Gasteiger partial charge in [-0.05, 0) is 30.4 Å². The predicted molar refractivity (Wildman–Crippen MR) is 82.8 cm³/mol. The number of hydrogen-bond donors (Lipinski definition) is 2. The molecular weight excluding hydrogens is 267 g/mol. The number of nitrogens with zero attached hydrogens (tertiary/aromatic N) is 2. The first-order valence-corrected chi connectivity index (χ1v) is 7.78. The normalized spacial score (nSPS) is 20.5. The zero-order chi connectivity index (χ0) is 14.7. The van der Waals surface area contributed by atoms with Gasteiger partial charge in [-0.1, -0.05) is 12.1 Å². The van der Waals surface area contributed by atoms with Crippen LogP contribution in [0.1, 0.15) is 12.8 Å². The number of hydrogen-bond acceptors (Lipinski definition) is 5.